The van der Waals surface area contributed by atoms with Crippen LogP contribution in [-0.4, -0.2) is 41.4 Å². The van der Waals surface area contributed by atoms with Crippen molar-refractivity contribution in [3.8, 4) is 0 Å². The molecule has 0 unspecified atom stereocenters. The summed E-state index contributed by atoms with van der Waals surface area (Å²) in [5.41, 5.74) is 7.20. The van der Waals surface area contributed by atoms with Gasteiger partial charge in [0.2, 0.25) is 11.8 Å². The number of carbonyl (C=O) groups excluding carboxylic acids is 2. The predicted octanol–water partition coefficient (Wildman–Crippen LogP) is 1.46. The first-order chi connectivity index (χ1) is 11.0. The van der Waals surface area contributed by atoms with Gasteiger partial charge in [0.25, 0.3) is 0 Å². The van der Waals surface area contributed by atoms with E-state index in [-0.39, 0.29) is 23.9 Å². The van der Waals surface area contributed by atoms with E-state index in [9.17, 15) is 9.59 Å². The monoisotopic (exact) mass is 317 g/mol. The van der Waals surface area contributed by atoms with Crippen LogP contribution in [0.25, 0.3) is 0 Å². The van der Waals surface area contributed by atoms with Gasteiger partial charge in [0, 0.05) is 25.0 Å². The number of carbonyl (C=O) groups is 2. The number of hydrogen-bond donors (Lipinski definition) is 2. The fraction of sp³-hybridized carbons (Fsp3) is 0.556. The molecule has 0 bridgehead atoms. The first kappa shape index (κ1) is 17.5. The van der Waals surface area contributed by atoms with E-state index in [1.807, 2.05) is 32.0 Å². The minimum absolute atomic E-state index is 0.0257. The highest BCUT2D eigenvalue weighted by molar-refractivity contribution is 5.88. The van der Waals surface area contributed by atoms with Crippen LogP contribution in [0.5, 0.6) is 0 Å². The average Bonchev–Trinajstić information content (AvgIpc) is 2.90. The fourth-order valence-electron chi connectivity index (χ4n) is 3.01. The standard InChI is InChI=1S/C18H27N3O2/c1-13(2)20-18(23)16-11-15(19)12-21(16)17(22)10-6-9-14-7-4-3-5-8-14/h3-5,7-8,13,15-16H,6,9-12,19H2,1-2H3,(H,20,23)/t15-,16-/m0/s1. The summed E-state index contributed by atoms with van der Waals surface area (Å²) in [6.07, 6.45) is 2.65. The largest absolute Gasteiger partial charge is 0.352 e. The van der Waals surface area contributed by atoms with E-state index in [1.54, 1.807) is 4.90 Å². The molecular weight excluding hydrogens is 290 g/mol. The highest BCUT2D eigenvalue weighted by atomic mass is 16.2. The molecule has 2 atom stereocenters. The van der Waals surface area contributed by atoms with Gasteiger partial charge in [-0.2, -0.15) is 0 Å². The third-order valence-corrected chi connectivity index (χ3v) is 4.09. The average molecular weight is 317 g/mol. The van der Waals surface area contributed by atoms with Crippen LogP contribution >= 0.6 is 0 Å². The Bertz CT molecular complexity index is 530. The van der Waals surface area contributed by atoms with Crippen LogP contribution in [0.15, 0.2) is 30.3 Å². The molecule has 0 spiro atoms. The van der Waals surface area contributed by atoms with Crippen LogP contribution in [0.1, 0.15) is 38.7 Å². The van der Waals surface area contributed by atoms with Crippen molar-refractivity contribution in [2.24, 2.45) is 5.73 Å². The molecule has 0 radical (unpaired) electrons. The molecule has 1 aromatic carbocycles. The topological polar surface area (TPSA) is 75.4 Å². The summed E-state index contributed by atoms with van der Waals surface area (Å²) in [6.45, 7) is 4.30. The van der Waals surface area contributed by atoms with E-state index in [4.69, 9.17) is 5.73 Å². The van der Waals surface area contributed by atoms with Crippen molar-refractivity contribution >= 4 is 11.8 Å². The summed E-state index contributed by atoms with van der Waals surface area (Å²) < 4.78 is 0. The number of amides is 2. The van der Waals surface area contributed by atoms with Gasteiger partial charge in [0.05, 0.1) is 0 Å². The number of nitrogens with zero attached hydrogens (tertiary/aromatic N) is 1. The Morgan fingerprint density at radius 3 is 2.65 bits per heavy atom. The highest BCUT2D eigenvalue weighted by Gasteiger charge is 2.37. The summed E-state index contributed by atoms with van der Waals surface area (Å²) in [6, 6.07) is 9.65. The summed E-state index contributed by atoms with van der Waals surface area (Å²) in [4.78, 5) is 26.4. The molecule has 0 saturated carbocycles. The Labute approximate surface area is 138 Å². The van der Waals surface area contributed by atoms with Crippen LogP contribution in [0, 0.1) is 0 Å². The zero-order chi connectivity index (χ0) is 16.8. The molecule has 1 aromatic rings. The molecule has 0 aromatic heterocycles. The molecule has 0 aliphatic carbocycles. The normalized spacial score (nSPS) is 20.8. The second-order valence-corrected chi connectivity index (χ2v) is 6.56. The summed E-state index contributed by atoms with van der Waals surface area (Å²) in [5, 5.41) is 2.88. The minimum Gasteiger partial charge on any atom is -0.352 e. The predicted molar refractivity (Wildman–Crippen MR) is 90.8 cm³/mol. The quantitative estimate of drug-likeness (QED) is 0.834. The number of nitrogens with one attached hydrogen (secondary N) is 1. The van der Waals surface area contributed by atoms with E-state index in [0.29, 0.717) is 19.4 Å². The highest BCUT2D eigenvalue weighted by Crippen LogP contribution is 2.19. The van der Waals surface area contributed by atoms with E-state index in [0.717, 1.165) is 12.8 Å². The molecular formula is C18H27N3O2. The van der Waals surface area contributed by atoms with E-state index in [1.165, 1.54) is 5.56 Å². The smallest absolute Gasteiger partial charge is 0.243 e. The molecule has 2 rings (SSSR count). The maximum absolute atomic E-state index is 12.5. The van der Waals surface area contributed by atoms with Crippen molar-refractivity contribution in [3.63, 3.8) is 0 Å². The Morgan fingerprint density at radius 2 is 2.00 bits per heavy atom. The van der Waals surface area contributed by atoms with E-state index in [2.05, 4.69) is 17.4 Å². The molecule has 1 heterocycles. The summed E-state index contributed by atoms with van der Waals surface area (Å²) in [7, 11) is 0. The molecule has 23 heavy (non-hydrogen) atoms. The van der Waals surface area contributed by atoms with Gasteiger partial charge in [-0.05, 0) is 38.7 Å². The van der Waals surface area contributed by atoms with Crippen molar-refractivity contribution < 1.29 is 9.59 Å². The van der Waals surface area contributed by atoms with Crippen molar-refractivity contribution in [2.45, 2.75) is 57.7 Å². The Hall–Kier alpha value is -1.88. The number of rotatable bonds is 6. The van der Waals surface area contributed by atoms with Gasteiger partial charge in [-0.25, -0.2) is 0 Å². The minimum atomic E-state index is -0.420. The van der Waals surface area contributed by atoms with Crippen molar-refractivity contribution in [3.05, 3.63) is 35.9 Å². The zero-order valence-electron chi connectivity index (χ0n) is 14.0. The fourth-order valence-corrected chi connectivity index (χ4v) is 3.01. The number of nitrogens with two attached hydrogens (primary N) is 1. The van der Waals surface area contributed by atoms with Gasteiger partial charge >= 0.3 is 0 Å². The molecule has 1 aliphatic rings. The van der Waals surface area contributed by atoms with Gasteiger partial charge < -0.3 is 16.0 Å². The second-order valence-electron chi connectivity index (χ2n) is 6.56. The Balaban J connectivity index is 1.87. The third-order valence-electron chi connectivity index (χ3n) is 4.09. The van der Waals surface area contributed by atoms with Gasteiger partial charge in [-0.1, -0.05) is 30.3 Å². The first-order valence-corrected chi connectivity index (χ1v) is 8.36. The molecule has 2 amide bonds. The lowest BCUT2D eigenvalue weighted by Crippen LogP contribution is -2.47. The second kappa shape index (κ2) is 8.11. The molecule has 1 saturated heterocycles. The Kier molecular flexibility index (Phi) is 6.16. The van der Waals surface area contributed by atoms with Crippen LogP contribution in [0.2, 0.25) is 0 Å². The van der Waals surface area contributed by atoms with E-state index < -0.39 is 6.04 Å². The zero-order valence-corrected chi connectivity index (χ0v) is 14.0. The van der Waals surface area contributed by atoms with Crippen LogP contribution in [-0.2, 0) is 16.0 Å². The molecule has 3 N–H and O–H groups in total. The van der Waals surface area contributed by atoms with Crippen molar-refractivity contribution in [1.29, 1.82) is 0 Å². The first-order valence-electron chi connectivity index (χ1n) is 8.36. The van der Waals surface area contributed by atoms with Gasteiger partial charge in [0.15, 0.2) is 0 Å². The van der Waals surface area contributed by atoms with Gasteiger partial charge in [0.1, 0.15) is 6.04 Å². The lowest BCUT2D eigenvalue weighted by Gasteiger charge is -2.24. The maximum atomic E-state index is 12.5. The van der Waals surface area contributed by atoms with Gasteiger partial charge in [-0.15, -0.1) is 0 Å². The number of benzene rings is 1. The van der Waals surface area contributed by atoms with Crippen molar-refractivity contribution in [2.75, 3.05) is 6.54 Å². The van der Waals surface area contributed by atoms with E-state index >= 15 is 0 Å². The molecule has 1 fully saturated rings. The van der Waals surface area contributed by atoms with Crippen LogP contribution in [0.3, 0.4) is 0 Å². The molecule has 5 nitrogen and oxygen atoms in total. The van der Waals surface area contributed by atoms with Gasteiger partial charge in [-0.3, -0.25) is 9.59 Å². The summed E-state index contributed by atoms with van der Waals surface area (Å²) >= 11 is 0. The van der Waals surface area contributed by atoms with Crippen LogP contribution in [0.4, 0.5) is 0 Å². The number of aryl methyl sites for hydroxylation is 1. The molecule has 5 heteroatoms. The molecule has 1 aliphatic heterocycles. The lowest BCUT2D eigenvalue weighted by molar-refractivity contribution is -0.138. The maximum Gasteiger partial charge on any atom is 0.243 e. The SMILES string of the molecule is CC(C)NC(=O)[C@@H]1C[C@H](N)CN1C(=O)CCCc1ccccc1. The van der Waals surface area contributed by atoms with Crippen LogP contribution < -0.4 is 11.1 Å². The Morgan fingerprint density at radius 1 is 1.30 bits per heavy atom. The van der Waals surface area contributed by atoms with Crippen molar-refractivity contribution in [1.82, 2.24) is 10.2 Å². The third kappa shape index (κ3) is 5.06. The molecule has 126 valence electrons. The summed E-state index contributed by atoms with van der Waals surface area (Å²) in [5.74, 6) is -0.0675. The lowest BCUT2D eigenvalue weighted by atomic mass is 10.1. The number of hydrogen-bond acceptors (Lipinski definition) is 3. The number of likely N-dealkylation sites (tertiary alicyclic amines) is 1.